The van der Waals surface area contributed by atoms with E-state index < -0.39 is 0 Å². The Kier molecular flexibility index (Phi) is 8.97. The topological polar surface area (TPSA) is 26.2 Å². The molecule has 73 heavy (non-hydrogen) atoms. The quantitative estimate of drug-likeness (QED) is 0.159. The Balaban J connectivity index is 0.799. The zero-order chi connectivity index (χ0) is 48.4. The third-order valence-corrected chi connectivity index (χ3v) is 15.7. The van der Waals surface area contributed by atoms with Crippen molar-refractivity contribution in [1.29, 1.82) is 0 Å². The number of hydrogen-bond donors (Lipinski definition) is 0. The van der Waals surface area contributed by atoms with Gasteiger partial charge in [-0.1, -0.05) is 159 Å². The van der Waals surface area contributed by atoms with Gasteiger partial charge in [-0.2, -0.15) is 0 Å². The number of para-hydroxylation sites is 4. The number of furan rings is 1. The summed E-state index contributed by atoms with van der Waals surface area (Å²) < 4.78 is 11.3. The van der Waals surface area contributed by atoms with Crippen molar-refractivity contribution in [3.05, 3.63) is 260 Å². The lowest BCUT2D eigenvalue weighted by Crippen LogP contribution is -2.16. The fourth-order valence-corrected chi connectivity index (χ4v) is 12.2. The highest BCUT2D eigenvalue weighted by Crippen LogP contribution is 2.51. The molecule has 1 aliphatic carbocycles. The van der Waals surface area contributed by atoms with E-state index in [1.54, 1.807) is 0 Å². The Labute approximate surface area is 422 Å². The van der Waals surface area contributed by atoms with Gasteiger partial charge < -0.3 is 18.5 Å². The molecule has 14 aromatic rings. The van der Waals surface area contributed by atoms with Crippen LogP contribution in [0.25, 0.3) is 110 Å². The Hall–Kier alpha value is -9.38. The van der Waals surface area contributed by atoms with Crippen molar-refractivity contribution in [3.63, 3.8) is 0 Å². The molecule has 0 radical (unpaired) electrons. The van der Waals surface area contributed by atoms with Crippen molar-refractivity contribution in [1.82, 2.24) is 9.13 Å². The number of benzene rings is 11. The van der Waals surface area contributed by atoms with Gasteiger partial charge in [0.15, 0.2) is 0 Å². The number of anilines is 3. The van der Waals surface area contributed by atoms with Crippen molar-refractivity contribution in [2.24, 2.45) is 0 Å². The smallest absolute Gasteiger partial charge is 0.145 e. The van der Waals surface area contributed by atoms with Crippen molar-refractivity contribution < 1.29 is 4.42 Å². The van der Waals surface area contributed by atoms with Crippen molar-refractivity contribution in [3.8, 4) is 44.8 Å². The molecule has 0 bridgehead atoms. The van der Waals surface area contributed by atoms with Crippen molar-refractivity contribution in [2.75, 3.05) is 4.90 Å². The highest BCUT2D eigenvalue weighted by molar-refractivity contribution is 6.24. The SMILES string of the molecule is CC1(C)c2ccccc2-c2ccc(N(c3ccc(-c4ccc(-n5c6ccccc6c6c7oc8ccccc8c7ccc65)cc4)cc3)c3ccc(-c4ccc5c(c4)c4ccccc4n5-c4ccccc4)cc3)cc21. The summed E-state index contributed by atoms with van der Waals surface area (Å²) in [5, 5.41) is 7.11. The summed E-state index contributed by atoms with van der Waals surface area (Å²) in [4.78, 5) is 2.41. The first-order valence-electron chi connectivity index (χ1n) is 25.2. The molecular formula is C69H47N3O. The standard InChI is InChI=1S/C69H47N3O/c1-69(2)60-20-10-6-16-53(60)54-38-37-52(43-61(54)69)70(50-33-28-46(29-34-50)47-30-40-64-59(42-47)55-17-7-11-21-62(55)71(64)48-14-4-3-5-15-48)49-31-24-44(25-32-49)45-26-35-51(36-27-45)72-63-22-12-8-19-58(63)67-65(72)41-39-57-56-18-9-13-23-66(56)73-68(57)67/h3-43H,1-2H3. The molecule has 0 saturated heterocycles. The van der Waals surface area contributed by atoms with E-state index in [-0.39, 0.29) is 5.41 Å². The Bertz CT molecular complexity index is 4500. The van der Waals surface area contributed by atoms with Gasteiger partial charge >= 0.3 is 0 Å². The normalized spacial score (nSPS) is 12.9. The van der Waals surface area contributed by atoms with Crippen LogP contribution in [0.3, 0.4) is 0 Å². The average Bonchev–Trinajstić information content (AvgIpc) is 4.16. The van der Waals surface area contributed by atoms with Crippen LogP contribution in [0, 0.1) is 0 Å². The molecule has 0 saturated carbocycles. The summed E-state index contributed by atoms with van der Waals surface area (Å²) in [6.45, 7) is 4.71. The van der Waals surface area contributed by atoms with E-state index in [9.17, 15) is 0 Å². The number of nitrogens with zero attached hydrogens (tertiary/aromatic N) is 3. The van der Waals surface area contributed by atoms with Gasteiger partial charge in [0.05, 0.1) is 27.5 Å². The van der Waals surface area contributed by atoms with Crippen LogP contribution in [0.1, 0.15) is 25.0 Å². The Morgan fingerprint density at radius 2 is 0.863 bits per heavy atom. The van der Waals surface area contributed by atoms with E-state index in [1.165, 1.54) is 60.6 Å². The lowest BCUT2D eigenvalue weighted by Gasteiger charge is -2.28. The van der Waals surface area contributed by atoms with Gasteiger partial charge in [-0.25, -0.2) is 0 Å². The minimum atomic E-state index is -0.130. The molecular weight excluding hydrogens is 887 g/mol. The molecule has 4 nitrogen and oxygen atoms in total. The van der Waals surface area contributed by atoms with E-state index in [4.69, 9.17) is 4.42 Å². The lowest BCUT2D eigenvalue weighted by atomic mass is 9.82. The van der Waals surface area contributed by atoms with Gasteiger partial charge in [0.2, 0.25) is 0 Å². The zero-order valence-electron chi connectivity index (χ0n) is 40.4. The van der Waals surface area contributed by atoms with Crippen LogP contribution >= 0.6 is 0 Å². The molecule has 1 aliphatic rings. The minimum Gasteiger partial charge on any atom is -0.455 e. The second-order valence-electron chi connectivity index (χ2n) is 20.1. The van der Waals surface area contributed by atoms with Gasteiger partial charge in [0.1, 0.15) is 11.2 Å². The molecule has 11 aromatic carbocycles. The highest BCUT2D eigenvalue weighted by Gasteiger charge is 2.36. The molecule has 0 amide bonds. The summed E-state index contributed by atoms with van der Waals surface area (Å²) in [5.74, 6) is 0. The molecule has 3 aromatic heterocycles. The van der Waals surface area contributed by atoms with Crippen LogP contribution in [-0.2, 0) is 5.41 Å². The fourth-order valence-electron chi connectivity index (χ4n) is 12.2. The molecule has 0 fully saturated rings. The molecule has 0 unspecified atom stereocenters. The Morgan fingerprint density at radius 3 is 1.62 bits per heavy atom. The summed E-state index contributed by atoms with van der Waals surface area (Å²) in [6, 6.07) is 90.8. The summed E-state index contributed by atoms with van der Waals surface area (Å²) in [7, 11) is 0. The van der Waals surface area contributed by atoms with Crippen LogP contribution in [-0.4, -0.2) is 9.13 Å². The molecule has 4 heteroatoms. The summed E-state index contributed by atoms with van der Waals surface area (Å²) in [6.07, 6.45) is 0. The maximum absolute atomic E-state index is 6.57. The van der Waals surface area contributed by atoms with Crippen LogP contribution in [0.4, 0.5) is 17.1 Å². The van der Waals surface area contributed by atoms with Crippen LogP contribution in [0.2, 0.25) is 0 Å². The van der Waals surface area contributed by atoms with Crippen LogP contribution in [0.5, 0.6) is 0 Å². The lowest BCUT2D eigenvalue weighted by molar-refractivity contribution is 0.660. The van der Waals surface area contributed by atoms with Gasteiger partial charge in [0.25, 0.3) is 0 Å². The van der Waals surface area contributed by atoms with E-state index in [0.29, 0.717) is 0 Å². The van der Waals surface area contributed by atoms with E-state index in [0.717, 1.165) is 77.9 Å². The summed E-state index contributed by atoms with van der Waals surface area (Å²) in [5.41, 5.74) is 22.1. The monoisotopic (exact) mass is 933 g/mol. The number of fused-ring (bicyclic) bond motifs is 13. The van der Waals surface area contributed by atoms with Gasteiger partial charge in [-0.05, 0) is 148 Å². The van der Waals surface area contributed by atoms with E-state index in [1.807, 2.05) is 6.07 Å². The van der Waals surface area contributed by atoms with Crippen LogP contribution in [0.15, 0.2) is 253 Å². The largest absolute Gasteiger partial charge is 0.455 e. The number of aromatic nitrogens is 2. The first-order valence-corrected chi connectivity index (χ1v) is 25.2. The van der Waals surface area contributed by atoms with E-state index in [2.05, 4.69) is 271 Å². The molecule has 15 rings (SSSR count). The number of rotatable bonds is 7. The second kappa shape index (κ2) is 15.8. The maximum Gasteiger partial charge on any atom is 0.145 e. The predicted molar refractivity (Wildman–Crippen MR) is 306 cm³/mol. The zero-order valence-corrected chi connectivity index (χ0v) is 40.4. The van der Waals surface area contributed by atoms with Gasteiger partial charge in [0, 0.05) is 60.8 Å². The van der Waals surface area contributed by atoms with Crippen LogP contribution < -0.4 is 4.90 Å². The molecule has 344 valence electrons. The Morgan fingerprint density at radius 1 is 0.342 bits per heavy atom. The predicted octanol–water partition coefficient (Wildman–Crippen LogP) is 18.9. The van der Waals surface area contributed by atoms with E-state index >= 15 is 0 Å². The second-order valence-corrected chi connectivity index (χ2v) is 20.1. The molecule has 0 aliphatic heterocycles. The first kappa shape index (κ1) is 41.4. The first-order chi connectivity index (χ1) is 36.0. The van der Waals surface area contributed by atoms with Gasteiger partial charge in [-0.15, -0.1) is 0 Å². The third kappa shape index (κ3) is 6.27. The average molecular weight is 934 g/mol. The molecule has 0 spiro atoms. The maximum atomic E-state index is 6.57. The highest BCUT2D eigenvalue weighted by atomic mass is 16.3. The molecule has 0 atom stereocenters. The molecule has 3 heterocycles. The van der Waals surface area contributed by atoms with Gasteiger partial charge in [-0.3, -0.25) is 0 Å². The minimum absolute atomic E-state index is 0.130. The molecule has 0 N–H and O–H groups in total. The third-order valence-electron chi connectivity index (χ3n) is 15.7. The summed E-state index contributed by atoms with van der Waals surface area (Å²) >= 11 is 0. The number of hydrogen-bond acceptors (Lipinski definition) is 2. The fraction of sp³-hybridized carbons (Fsp3) is 0.0435. The van der Waals surface area contributed by atoms with Crippen molar-refractivity contribution >= 4 is 82.6 Å². The van der Waals surface area contributed by atoms with Crippen molar-refractivity contribution in [2.45, 2.75) is 19.3 Å².